The molecule has 0 aliphatic heterocycles. The average molecular weight is 256 g/mol. The van der Waals surface area contributed by atoms with Crippen molar-refractivity contribution >= 4 is 11.6 Å². The summed E-state index contributed by atoms with van der Waals surface area (Å²) >= 11 is 5.90. The fraction of sp³-hybridized carbons (Fsp3) is 0.571. The highest BCUT2D eigenvalue weighted by atomic mass is 35.5. The monoisotopic (exact) mass is 255 g/mol. The van der Waals surface area contributed by atoms with E-state index in [4.69, 9.17) is 16.3 Å². The van der Waals surface area contributed by atoms with Gasteiger partial charge in [-0.1, -0.05) is 30.7 Å². The van der Waals surface area contributed by atoms with Crippen LogP contribution >= 0.6 is 11.6 Å². The van der Waals surface area contributed by atoms with Crippen molar-refractivity contribution in [2.45, 2.75) is 25.7 Å². The summed E-state index contributed by atoms with van der Waals surface area (Å²) < 4.78 is 5.55. The van der Waals surface area contributed by atoms with Gasteiger partial charge < -0.3 is 10.1 Å². The first-order chi connectivity index (χ1) is 8.27. The van der Waals surface area contributed by atoms with Gasteiger partial charge in [-0.15, -0.1) is 0 Å². The predicted molar refractivity (Wildman–Crippen MR) is 73.8 cm³/mol. The molecule has 96 valence electrons. The van der Waals surface area contributed by atoms with Gasteiger partial charge in [-0.2, -0.15) is 0 Å². The van der Waals surface area contributed by atoms with Crippen LogP contribution in [0.15, 0.2) is 24.3 Å². The van der Waals surface area contributed by atoms with Crippen molar-refractivity contribution in [1.29, 1.82) is 0 Å². The summed E-state index contributed by atoms with van der Waals surface area (Å²) in [6, 6.07) is 8.10. The molecule has 1 atom stereocenters. The third-order valence-electron chi connectivity index (χ3n) is 2.75. The maximum absolute atomic E-state index is 5.90. The van der Waals surface area contributed by atoms with Gasteiger partial charge in [0.25, 0.3) is 0 Å². The van der Waals surface area contributed by atoms with E-state index in [0.29, 0.717) is 5.92 Å². The largest absolute Gasteiger partial charge is 0.381 e. The molecule has 1 rings (SSSR count). The maximum Gasteiger partial charge on any atom is 0.0472 e. The Labute approximate surface area is 109 Å². The van der Waals surface area contributed by atoms with Crippen molar-refractivity contribution in [1.82, 2.24) is 5.32 Å². The molecule has 0 spiro atoms. The predicted octanol–water partition coefficient (Wildman–Crippen LogP) is 3.46. The third-order valence-corrected chi connectivity index (χ3v) is 3.00. The zero-order valence-corrected chi connectivity index (χ0v) is 11.5. The smallest absolute Gasteiger partial charge is 0.0472 e. The standard InChI is InChI=1S/C14H22ClNO/c1-3-9-17-10-8-13(11-16-2)12-4-6-14(15)7-5-12/h4-7,13,16H,3,8-11H2,1-2H3. The molecule has 0 saturated carbocycles. The van der Waals surface area contributed by atoms with Crippen LogP contribution in [0.5, 0.6) is 0 Å². The second-order valence-electron chi connectivity index (χ2n) is 4.21. The summed E-state index contributed by atoms with van der Waals surface area (Å²) in [5, 5.41) is 4.02. The van der Waals surface area contributed by atoms with Gasteiger partial charge in [0.1, 0.15) is 0 Å². The number of hydrogen-bond acceptors (Lipinski definition) is 2. The molecule has 0 fully saturated rings. The van der Waals surface area contributed by atoms with E-state index >= 15 is 0 Å². The second-order valence-corrected chi connectivity index (χ2v) is 4.64. The third kappa shape index (κ3) is 5.53. The molecule has 0 saturated heterocycles. The quantitative estimate of drug-likeness (QED) is 0.719. The fourth-order valence-electron chi connectivity index (χ4n) is 1.84. The highest BCUT2D eigenvalue weighted by molar-refractivity contribution is 6.30. The van der Waals surface area contributed by atoms with Crippen molar-refractivity contribution in [2.75, 3.05) is 26.8 Å². The van der Waals surface area contributed by atoms with Crippen LogP contribution in [0.4, 0.5) is 0 Å². The minimum Gasteiger partial charge on any atom is -0.381 e. The normalized spacial score (nSPS) is 12.6. The first kappa shape index (κ1) is 14.5. The highest BCUT2D eigenvalue weighted by Gasteiger charge is 2.10. The summed E-state index contributed by atoms with van der Waals surface area (Å²) in [4.78, 5) is 0. The molecule has 1 N–H and O–H groups in total. The zero-order valence-electron chi connectivity index (χ0n) is 10.7. The molecule has 1 aromatic carbocycles. The van der Waals surface area contributed by atoms with Crippen LogP contribution in [0.3, 0.4) is 0 Å². The molecule has 1 aromatic rings. The Morgan fingerprint density at radius 3 is 2.53 bits per heavy atom. The average Bonchev–Trinajstić information content (AvgIpc) is 2.34. The Morgan fingerprint density at radius 2 is 1.94 bits per heavy atom. The summed E-state index contributed by atoms with van der Waals surface area (Å²) in [6.07, 6.45) is 2.13. The fourth-order valence-corrected chi connectivity index (χ4v) is 1.97. The number of halogens is 1. The van der Waals surface area contributed by atoms with Gasteiger partial charge in [0, 0.05) is 24.8 Å². The highest BCUT2D eigenvalue weighted by Crippen LogP contribution is 2.21. The number of likely N-dealkylation sites (N-methyl/N-ethyl adjacent to an activating group) is 1. The van der Waals surface area contributed by atoms with E-state index in [-0.39, 0.29) is 0 Å². The molecule has 0 bridgehead atoms. The van der Waals surface area contributed by atoms with Crippen LogP contribution in [0.1, 0.15) is 31.2 Å². The molecule has 2 nitrogen and oxygen atoms in total. The first-order valence-corrected chi connectivity index (χ1v) is 6.63. The Bertz CT molecular complexity index is 300. The summed E-state index contributed by atoms with van der Waals surface area (Å²) in [7, 11) is 1.98. The maximum atomic E-state index is 5.90. The number of rotatable bonds is 8. The number of hydrogen-bond donors (Lipinski definition) is 1. The molecule has 17 heavy (non-hydrogen) atoms. The minimum absolute atomic E-state index is 0.495. The van der Waals surface area contributed by atoms with Crippen molar-refractivity contribution in [3.8, 4) is 0 Å². The Morgan fingerprint density at radius 1 is 1.24 bits per heavy atom. The summed E-state index contributed by atoms with van der Waals surface area (Å²) in [6.45, 7) is 4.77. The number of nitrogens with one attached hydrogen (secondary N) is 1. The van der Waals surface area contributed by atoms with Gasteiger partial charge in [-0.05, 0) is 43.5 Å². The van der Waals surface area contributed by atoms with Gasteiger partial charge >= 0.3 is 0 Å². The molecule has 0 heterocycles. The van der Waals surface area contributed by atoms with Gasteiger partial charge in [-0.3, -0.25) is 0 Å². The lowest BCUT2D eigenvalue weighted by atomic mass is 9.96. The van der Waals surface area contributed by atoms with Crippen molar-refractivity contribution in [2.24, 2.45) is 0 Å². The minimum atomic E-state index is 0.495. The zero-order chi connectivity index (χ0) is 12.5. The Balaban J connectivity index is 2.49. The van der Waals surface area contributed by atoms with E-state index in [1.807, 2.05) is 19.2 Å². The van der Waals surface area contributed by atoms with Gasteiger partial charge in [0.2, 0.25) is 0 Å². The SMILES string of the molecule is CCCOCCC(CNC)c1ccc(Cl)cc1. The van der Waals surface area contributed by atoms with Gasteiger partial charge in [-0.25, -0.2) is 0 Å². The summed E-state index contributed by atoms with van der Waals surface area (Å²) in [5.74, 6) is 0.495. The van der Waals surface area contributed by atoms with Crippen LogP contribution in [-0.4, -0.2) is 26.8 Å². The van der Waals surface area contributed by atoms with E-state index in [9.17, 15) is 0 Å². The number of ether oxygens (including phenoxy) is 1. The van der Waals surface area contributed by atoms with Crippen LogP contribution in [0.25, 0.3) is 0 Å². The van der Waals surface area contributed by atoms with E-state index in [0.717, 1.165) is 37.6 Å². The van der Waals surface area contributed by atoms with Crippen LogP contribution < -0.4 is 5.32 Å². The molecule has 0 aromatic heterocycles. The van der Waals surface area contributed by atoms with Crippen molar-refractivity contribution < 1.29 is 4.74 Å². The lowest BCUT2D eigenvalue weighted by Gasteiger charge is -2.17. The topological polar surface area (TPSA) is 21.3 Å². The summed E-state index contributed by atoms with van der Waals surface area (Å²) in [5.41, 5.74) is 1.32. The molecule has 3 heteroatoms. The lowest BCUT2D eigenvalue weighted by Crippen LogP contribution is -2.18. The molecule has 0 aliphatic rings. The second kappa shape index (κ2) is 8.51. The molecular weight excluding hydrogens is 234 g/mol. The molecule has 0 radical (unpaired) electrons. The number of benzene rings is 1. The van der Waals surface area contributed by atoms with Crippen LogP contribution in [0.2, 0.25) is 5.02 Å². The van der Waals surface area contributed by atoms with Crippen molar-refractivity contribution in [3.05, 3.63) is 34.9 Å². The van der Waals surface area contributed by atoms with E-state index in [2.05, 4.69) is 24.4 Å². The van der Waals surface area contributed by atoms with E-state index in [1.54, 1.807) is 0 Å². The first-order valence-electron chi connectivity index (χ1n) is 6.25. The molecule has 0 aliphatic carbocycles. The van der Waals surface area contributed by atoms with E-state index in [1.165, 1.54) is 5.56 Å². The molecule has 1 unspecified atom stereocenters. The lowest BCUT2D eigenvalue weighted by molar-refractivity contribution is 0.127. The van der Waals surface area contributed by atoms with Gasteiger partial charge in [0.15, 0.2) is 0 Å². The van der Waals surface area contributed by atoms with Crippen LogP contribution in [0, 0.1) is 0 Å². The molecule has 0 amide bonds. The van der Waals surface area contributed by atoms with Crippen LogP contribution in [-0.2, 0) is 4.74 Å². The van der Waals surface area contributed by atoms with E-state index < -0.39 is 0 Å². The Hall–Kier alpha value is -0.570. The van der Waals surface area contributed by atoms with Gasteiger partial charge in [0.05, 0.1) is 0 Å². The Kier molecular flexibility index (Phi) is 7.25. The van der Waals surface area contributed by atoms with Crippen molar-refractivity contribution in [3.63, 3.8) is 0 Å². The molecular formula is C14H22ClNO.